The highest BCUT2D eigenvalue weighted by Gasteiger charge is 2.70. The van der Waals surface area contributed by atoms with Crippen molar-refractivity contribution in [2.45, 2.75) is 17.5 Å². The molecule has 4 atom stereocenters. The summed E-state index contributed by atoms with van der Waals surface area (Å²) in [5, 5.41) is 2.98. The van der Waals surface area contributed by atoms with Crippen LogP contribution in [-0.2, 0) is 15.0 Å². The molecule has 0 radical (unpaired) electrons. The number of anilines is 2. The van der Waals surface area contributed by atoms with Crippen molar-refractivity contribution in [2.75, 3.05) is 10.2 Å². The van der Waals surface area contributed by atoms with E-state index in [1.54, 1.807) is 24.3 Å². The van der Waals surface area contributed by atoms with E-state index in [2.05, 4.69) is 5.32 Å². The molecule has 162 valence electrons. The van der Waals surface area contributed by atoms with Gasteiger partial charge in [0.2, 0.25) is 11.8 Å². The van der Waals surface area contributed by atoms with Crippen molar-refractivity contribution >= 4 is 35.0 Å². The average Bonchev–Trinajstić information content (AvgIpc) is 3.32. The SMILES string of the molecule is NC(=O)[C@@H]1[C@@H](C(=O)c2ccccc2)[C@@]2(C(=O)Nc3ccccc32)[C@@H]2C=Cc3ccccc3N12. The van der Waals surface area contributed by atoms with Gasteiger partial charge in [-0.2, -0.15) is 0 Å². The van der Waals surface area contributed by atoms with Gasteiger partial charge in [-0.05, 0) is 23.3 Å². The van der Waals surface area contributed by atoms with Crippen LogP contribution >= 0.6 is 0 Å². The summed E-state index contributed by atoms with van der Waals surface area (Å²) in [6.45, 7) is 0. The maximum Gasteiger partial charge on any atom is 0.240 e. The van der Waals surface area contributed by atoms with E-state index in [0.29, 0.717) is 16.8 Å². The van der Waals surface area contributed by atoms with Crippen LogP contribution in [0.2, 0.25) is 0 Å². The van der Waals surface area contributed by atoms with Gasteiger partial charge in [-0.1, -0.05) is 78.9 Å². The third kappa shape index (κ3) is 2.46. The van der Waals surface area contributed by atoms with Gasteiger partial charge < -0.3 is 16.0 Å². The largest absolute Gasteiger partial charge is 0.368 e. The van der Waals surface area contributed by atoms with E-state index in [9.17, 15) is 14.4 Å². The van der Waals surface area contributed by atoms with Crippen molar-refractivity contribution < 1.29 is 14.4 Å². The van der Waals surface area contributed by atoms with E-state index < -0.39 is 29.3 Å². The first-order valence-electron chi connectivity index (χ1n) is 10.9. The summed E-state index contributed by atoms with van der Waals surface area (Å²) >= 11 is 0. The number of benzene rings is 3. The van der Waals surface area contributed by atoms with Gasteiger partial charge in [-0.3, -0.25) is 14.4 Å². The molecule has 0 saturated carbocycles. The quantitative estimate of drug-likeness (QED) is 0.618. The molecule has 6 nitrogen and oxygen atoms in total. The Labute approximate surface area is 190 Å². The Bertz CT molecular complexity index is 1350. The zero-order valence-electron chi connectivity index (χ0n) is 17.6. The summed E-state index contributed by atoms with van der Waals surface area (Å²) in [5.74, 6) is -2.19. The first-order chi connectivity index (χ1) is 16.0. The number of primary amides is 1. The number of nitrogens with zero attached hydrogens (tertiary/aromatic N) is 1. The molecule has 3 aromatic rings. The molecule has 1 fully saturated rings. The molecule has 1 saturated heterocycles. The van der Waals surface area contributed by atoms with Gasteiger partial charge in [0, 0.05) is 16.9 Å². The number of ketones is 1. The van der Waals surface area contributed by atoms with Crippen LogP contribution < -0.4 is 16.0 Å². The van der Waals surface area contributed by atoms with Crippen LogP contribution in [0.25, 0.3) is 6.08 Å². The van der Waals surface area contributed by atoms with Gasteiger partial charge in [0.1, 0.15) is 11.5 Å². The number of amides is 2. The van der Waals surface area contributed by atoms with Crippen molar-refractivity contribution in [1.29, 1.82) is 0 Å². The minimum Gasteiger partial charge on any atom is -0.368 e. The van der Waals surface area contributed by atoms with Gasteiger partial charge >= 0.3 is 0 Å². The van der Waals surface area contributed by atoms with Crippen LogP contribution in [-0.4, -0.2) is 29.7 Å². The maximum absolute atomic E-state index is 14.1. The molecule has 33 heavy (non-hydrogen) atoms. The number of hydrogen-bond acceptors (Lipinski definition) is 4. The highest BCUT2D eigenvalue weighted by atomic mass is 16.2. The smallest absolute Gasteiger partial charge is 0.240 e. The monoisotopic (exact) mass is 435 g/mol. The average molecular weight is 435 g/mol. The number of nitrogens with one attached hydrogen (secondary N) is 1. The highest BCUT2D eigenvalue weighted by molar-refractivity contribution is 6.16. The minimum atomic E-state index is -1.30. The Kier molecular flexibility index (Phi) is 4.08. The molecule has 3 aliphatic heterocycles. The molecule has 1 spiro atoms. The predicted molar refractivity (Wildman–Crippen MR) is 126 cm³/mol. The summed E-state index contributed by atoms with van der Waals surface area (Å²) in [5.41, 5.74) is 8.21. The summed E-state index contributed by atoms with van der Waals surface area (Å²) in [6.07, 6.45) is 3.89. The van der Waals surface area contributed by atoms with Crippen LogP contribution in [0.4, 0.5) is 11.4 Å². The van der Waals surface area contributed by atoms with Gasteiger partial charge in [-0.25, -0.2) is 0 Å². The summed E-state index contributed by atoms with van der Waals surface area (Å²) in [6, 6.07) is 22.3. The first kappa shape index (κ1) is 19.5. The fourth-order valence-electron chi connectivity index (χ4n) is 5.93. The third-order valence-corrected chi connectivity index (χ3v) is 7.17. The number of para-hydroxylation sites is 2. The van der Waals surface area contributed by atoms with Crippen LogP contribution in [0.5, 0.6) is 0 Å². The van der Waals surface area contributed by atoms with Crippen LogP contribution in [0.15, 0.2) is 84.9 Å². The maximum atomic E-state index is 14.1. The number of fused-ring (bicyclic) bond motifs is 6. The second-order valence-corrected chi connectivity index (χ2v) is 8.69. The number of rotatable bonds is 3. The Morgan fingerprint density at radius 1 is 0.909 bits per heavy atom. The summed E-state index contributed by atoms with van der Waals surface area (Å²) in [4.78, 5) is 42.9. The van der Waals surface area contributed by atoms with Crippen molar-refractivity contribution in [3.05, 3.63) is 102 Å². The van der Waals surface area contributed by atoms with Gasteiger partial charge in [-0.15, -0.1) is 0 Å². The molecule has 0 unspecified atom stereocenters. The first-order valence-corrected chi connectivity index (χ1v) is 10.9. The van der Waals surface area contributed by atoms with Crippen molar-refractivity contribution in [3.8, 4) is 0 Å². The lowest BCUT2D eigenvalue weighted by molar-refractivity contribution is -0.122. The minimum absolute atomic E-state index is 0.272. The lowest BCUT2D eigenvalue weighted by atomic mass is 9.64. The summed E-state index contributed by atoms with van der Waals surface area (Å²) < 4.78 is 0. The molecule has 2 amide bonds. The fourth-order valence-corrected chi connectivity index (χ4v) is 5.93. The number of Topliss-reactive ketones (excluding diaryl/α,β-unsaturated/α-hetero) is 1. The van der Waals surface area contributed by atoms with Crippen LogP contribution in [0.1, 0.15) is 21.5 Å². The third-order valence-electron chi connectivity index (χ3n) is 7.17. The lowest BCUT2D eigenvalue weighted by Crippen LogP contribution is -2.51. The van der Waals surface area contributed by atoms with Crippen LogP contribution in [0.3, 0.4) is 0 Å². The lowest BCUT2D eigenvalue weighted by Gasteiger charge is -2.37. The molecule has 6 heteroatoms. The molecule has 0 bridgehead atoms. The van der Waals surface area contributed by atoms with E-state index in [1.165, 1.54) is 0 Å². The molecule has 6 rings (SSSR count). The molecule has 3 aliphatic rings. The second-order valence-electron chi connectivity index (χ2n) is 8.69. The Morgan fingerprint density at radius 2 is 1.61 bits per heavy atom. The normalized spacial score (nSPS) is 26.5. The molecule has 0 aliphatic carbocycles. The molecular formula is C27H21N3O3. The second kappa shape index (κ2) is 6.90. The molecular weight excluding hydrogens is 414 g/mol. The fraction of sp³-hybridized carbons (Fsp3) is 0.148. The number of hydrogen-bond donors (Lipinski definition) is 2. The molecule has 3 N–H and O–H groups in total. The van der Waals surface area contributed by atoms with E-state index in [-0.39, 0.29) is 11.7 Å². The number of carbonyl (C=O) groups excluding carboxylic acids is 3. The van der Waals surface area contributed by atoms with Gasteiger partial charge in [0.05, 0.1) is 12.0 Å². The predicted octanol–water partition coefficient (Wildman–Crippen LogP) is 3.15. The summed E-state index contributed by atoms with van der Waals surface area (Å²) in [7, 11) is 0. The topological polar surface area (TPSA) is 92.5 Å². The Balaban J connectivity index is 1.67. The zero-order valence-corrected chi connectivity index (χ0v) is 17.6. The molecule has 0 aromatic heterocycles. The number of nitrogens with two attached hydrogens (primary N) is 1. The van der Waals surface area contributed by atoms with Gasteiger partial charge in [0.15, 0.2) is 5.78 Å². The van der Waals surface area contributed by atoms with Gasteiger partial charge in [0.25, 0.3) is 0 Å². The van der Waals surface area contributed by atoms with E-state index in [4.69, 9.17) is 5.73 Å². The Morgan fingerprint density at radius 3 is 2.39 bits per heavy atom. The van der Waals surface area contributed by atoms with Crippen LogP contribution in [0, 0.1) is 5.92 Å². The molecule has 3 heterocycles. The van der Waals surface area contributed by atoms with E-state index >= 15 is 0 Å². The van der Waals surface area contributed by atoms with E-state index in [1.807, 2.05) is 71.6 Å². The van der Waals surface area contributed by atoms with Crippen molar-refractivity contribution in [2.24, 2.45) is 11.7 Å². The van der Waals surface area contributed by atoms with E-state index in [0.717, 1.165) is 11.3 Å². The van der Waals surface area contributed by atoms with Crippen molar-refractivity contribution in [3.63, 3.8) is 0 Å². The Hall–Kier alpha value is -4.19. The molecule has 3 aromatic carbocycles. The highest BCUT2D eigenvalue weighted by Crippen LogP contribution is 2.57. The van der Waals surface area contributed by atoms with Crippen molar-refractivity contribution in [1.82, 2.24) is 0 Å². The zero-order chi connectivity index (χ0) is 22.7. The number of carbonyl (C=O) groups is 3. The standard InChI is InChI=1S/C27H21N3O3/c28-25(32)23-22(24(31)17-9-2-1-3-10-17)27(18-11-5-6-12-19(18)29-26(27)33)21-15-14-16-8-4-7-13-20(16)30(21)23/h1-15,21-23H,(H2,28,32)(H,29,33)/t21-,22-,23-,27-/m0/s1.